The van der Waals surface area contributed by atoms with Crippen molar-refractivity contribution >= 4 is 0 Å². The zero-order chi connectivity index (χ0) is 14.8. The summed E-state index contributed by atoms with van der Waals surface area (Å²) in [5, 5.41) is 0. The molecule has 20 heavy (non-hydrogen) atoms. The molecule has 2 heterocycles. The predicted molar refractivity (Wildman–Crippen MR) is 85.1 cm³/mol. The summed E-state index contributed by atoms with van der Waals surface area (Å²) in [6.45, 7) is 17.1. The fourth-order valence-electron chi connectivity index (χ4n) is 3.51. The van der Waals surface area contributed by atoms with Gasteiger partial charge in [-0.1, -0.05) is 20.8 Å². The first-order chi connectivity index (χ1) is 9.35. The number of hydrogen-bond acceptors (Lipinski definition) is 3. The van der Waals surface area contributed by atoms with Crippen molar-refractivity contribution in [1.82, 2.24) is 9.80 Å². The first-order valence-corrected chi connectivity index (χ1v) is 8.45. The molecular weight excluding hydrogens is 248 g/mol. The average Bonchev–Trinajstić information content (AvgIpc) is 2.55. The molecule has 2 unspecified atom stereocenters. The second kappa shape index (κ2) is 6.76. The van der Waals surface area contributed by atoms with Gasteiger partial charge in [0, 0.05) is 31.7 Å². The van der Waals surface area contributed by atoms with Crippen molar-refractivity contribution in [2.75, 3.05) is 32.8 Å². The molecular formula is C17H34N2O. The Morgan fingerprint density at radius 2 is 1.65 bits per heavy atom. The topological polar surface area (TPSA) is 15.7 Å². The summed E-state index contributed by atoms with van der Waals surface area (Å²) in [4.78, 5) is 5.42. The molecule has 0 aromatic rings. The number of ether oxygens (including phenoxy) is 1. The van der Waals surface area contributed by atoms with Crippen molar-refractivity contribution in [3.63, 3.8) is 0 Å². The van der Waals surface area contributed by atoms with Gasteiger partial charge in [-0.25, -0.2) is 0 Å². The van der Waals surface area contributed by atoms with Gasteiger partial charge in [-0.05, 0) is 45.1 Å². The number of piperazine rings is 1. The molecule has 0 aliphatic carbocycles. The van der Waals surface area contributed by atoms with Crippen LogP contribution in [0.5, 0.6) is 0 Å². The van der Waals surface area contributed by atoms with Crippen LogP contribution in [0.4, 0.5) is 0 Å². The van der Waals surface area contributed by atoms with Gasteiger partial charge in [0.25, 0.3) is 0 Å². The lowest BCUT2D eigenvalue weighted by molar-refractivity contribution is 0.0208. The van der Waals surface area contributed by atoms with Gasteiger partial charge in [0.1, 0.15) is 0 Å². The maximum absolute atomic E-state index is 5.70. The Morgan fingerprint density at radius 3 is 2.15 bits per heavy atom. The van der Waals surface area contributed by atoms with Gasteiger partial charge in [-0.2, -0.15) is 0 Å². The number of rotatable bonds is 6. The Labute approximate surface area is 125 Å². The van der Waals surface area contributed by atoms with Gasteiger partial charge in [0.05, 0.1) is 12.7 Å². The second-order valence-electron chi connectivity index (χ2n) is 8.11. The third-order valence-electron chi connectivity index (χ3n) is 4.69. The Bertz CT molecular complexity index is 284. The minimum absolute atomic E-state index is 0.361. The van der Waals surface area contributed by atoms with Crippen molar-refractivity contribution in [3.05, 3.63) is 0 Å². The standard InChI is InChI=1S/C17H34N2O/c1-14(2)20-11-10-18-12-15-6-7-16(13-18)19(15)9-8-17(3,4)5/h14-16H,6-13H2,1-5H3. The maximum Gasteiger partial charge on any atom is 0.0596 e. The van der Waals surface area contributed by atoms with Gasteiger partial charge in [-0.15, -0.1) is 0 Å². The molecule has 2 aliphatic heterocycles. The Hall–Kier alpha value is -0.120. The van der Waals surface area contributed by atoms with Gasteiger partial charge >= 0.3 is 0 Å². The lowest BCUT2D eigenvalue weighted by Gasteiger charge is -2.42. The fourth-order valence-corrected chi connectivity index (χ4v) is 3.51. The quantitative estimate of drug-likeness (QED) is 0.745. The van der Waals surface area contributed by atoms with E-state index in [1.54, 1.807) is 0 Å². The molecule has 0 saturated carbocycles. The van der Waals surface area contributed by atoms with E-state index < -0.39 is 0 Å². The molecule has 2 atom stereocenters. The van der Waals surface area contributed by atoms with Gasteiger partial charge in [0.2, 0.25) is 0 Å². The average molecular weight is 282 g/mol. The zero-order valence-corrected chi connectivity index (χ0v) is 14.2. The minimum Gasteiger partial charge on any atom is -0.377 e. The van der Waals surface area contributed by atoms with Gasteiger partial charge in [0.15, 0.2) is 0 Å². The second-order valence-corrected chi connectivity index (χ2v) is 8.11. The Balaban J connectivity index is 1.76. The van der Waals surface area contributed by atoms with Crippen LogP contribution in [-0.2, 0) is 4.74 Å². The number of likely N-dealkylation sites (tertiary alicyclic amines) is 1. The molecule has 0 aromatic heterocycles. The summed E-state index contributed by atoms with van der Waals surface area (Å²) in [7, 11) is 0. The molecule has 3 heteroatoms. The monoisotopic (exact) mass is 282 g/mol. The van der Waals surface area contributed by atoms with E-state index in [2.05, 4.69) is 44.4 Å². The third kappa shape index (κ3) is 4.71. The van der Waals surface area contributed by atoms with Crippen LogP contribution in [0.3, 0.4) is 0 Å². The van der Waals surface area contributed by atoms with E-state index in [-0.39, 0.29) is 0 Å². The van der Waals surface area contributed by atoms with E-state index in [0.29, 0.717) is 11.5 Å². The van der Waals surface area contributed by atoms with Crippen LogP contribution in [0.25, 0.3) is 0 Å². The molecule has 2 bridgehead atoms. The molecule has 0 radical (unpaired) electrons. The van der Waals surface area contributed by atoms with E-state index in [1.165, 1.54) is 38.9 Å². The normalized spacial score (nSPS) is 28.5. The van der Waals surface area contributed by atoms with Gasteiger partial charge in [-0.3, -0.25) is 9.80 Å². The molecule has 2 fully saturated rings. The molecule has 0 spiro atoms. The number of nitrogens with zero attached hydrogens (tertiary/aromatic N) is 2. The molecule has 0 N–H and O–H groups in total. The van der Waals surface area contributed by atoms with E-state index in [1.807, 2.05) is 0 Å². The summed E-state index contributed by atoms with van der Waals surface area (Å²) in [6, 6.07) is 1.60. The Morgan fingerprint density at radius 1 is 1.05 bits per heavy atom. The minimum atomic E-state index is 0.361. The van der Waals surface area contributed by atoms with Crippen molar-refractivity contribution < 1.29 is 4.74 Å². The molecule has 2 rings (SSSR count). The first-order valence-electron chi connectivity index (χ1n) is 8.45. The van der Waals surface area contributed by atoms with Crippen molar-refractivity contribution in [3.8, 4) is 0 Å². The van der Waals surface area contributed by atoms with Crippen LogP contribution in [0.15, 0.2) is 0 Å². The summed E-state index contributed by atoms with van der Waals surface area (Å²) >= 11 is 0. The van der Waals surface area contributed by atoms with Crippen LogP contribution in [-0.4, -0.2) is 60.8 Å². The first kappa shape index (κ1) is 16.3. The van der Waals surface area contributed by atoms with Crippen LogP contribution in [0.2, 0.25) is 0 Å². The van der Waals surface area contributed by atoms with Gasteiger partial charge < -0.3 is 4.74 Å². The summed E-state index contributed by atoms with van der Waals surface area (Å²) < 4.78 is 5.70. The highest BCUT2D eigenvalue weighted by molar-refractivity contribution is 4.96. The highest BCUT2D eigenvalue weighted by Gasteiger charge is 2.39. The third-order valence-corrected chi connectivity index (χ3v) is 4.69. The van der Waals surface area contributed by atoms with Crippen LogP contribution >= 0.6 is 0 Å². The van der Waals surface area contributed by atoms with E-state index in [9.17, 15) is 0 Å². The molecule has 3 nitrogen and oxygen atoms in total. The van der Waals surface area contributed by atoms with E-state index in [4.69, 9.17) is 4.74 Å². The molecule has 2 aliphatic rings. The zero-order valence-electron chi connectivity index (χ0n) is 14.2. The highest BCUT2D eigenvalue weighted by atomic mass is 16.5. The van der Waals surface area contributed by atoms with Crippen molar-refractivity contribution in [2.24, 2.45) is 5.41 Å². The SMILES string of the molecule is CC(C)OCCN1CC2CCC(C1)N2CCC(C)(C)C. The van der Waals surface area contributed by atoms with E-state index in [0.717, 1.165) is 25.2 Å². The van der Waals surface area contributed by atoms with Crippen LogP contribution < -0.4 is 0 Å². The lowest BCUT2D eigenvalue weighted by Crippen LogP contribution is -2.54. The fraction of sp³-hybridized carbons (Fsp3) is 1.00. The lowest BCUT2D eigenvalue weighted by atomic mass is 9.91. The summed E-state index contributed by atoms with van der Waals surface area (Å²) in [5.41, 5.74) is 0.460. The summed E-state index contributed by atoms with van der Waals surface area (Å²) in [6.07, 6.45) is 4.48. The van der Waals surface area contributed by atoms with Crippen molar-refractivity contribution in [1.29, 1.82) is 0 Å². The van der Waals surface area contributed by atoms with Crippen LogP contribution in [0.1, 0.15) is 53.9 Å². The van der Waals surface area contributed by atoms with Crippen LogP contribution in [0, 0.1) is 5.41 Å². The molecule has 0 amide bonds. The number of fused-ring (bicyclic) bond motifs is 2. The number of hydrogen-bond donors (Lipinski definition) is 0. The van der Waals surface area contributed by atoms with E-state index >= 15 is 0 Å². The Kier molecular flexibility index (Phi) is 5.49. The highest BCUT2D eigenvalue weighted by Crippen LogP contribution is 2.31. The molecule has 2 saturated heterocycles. The molecule has 118 valence electrons. The summed E-state index contributed by atoms with van der Waals surface area (Å²) in [5.74, 6) is 0. The predicted octanol–water partition coefficient (Wildman–Crippen LogP) is 3.00. The molecule has 0 aromatic carbocycles. The smallest absolute Gasteiger partial charge is 0.0596 e. The van der Waals surface area contributed by atoms with Crippen molar-refractivity contribution in [2.45, 2.75) is 72.1 Å². The largest absolute Gasteiger partial charge is 0.377 e. The maximum atomic E-state index is 5.70.